The minimum atomic E-state index is -0.207. The van der Waals surface area contributed by atoms with E-state index < -0.39 is 0 Å². The Bertz CT molecular complexity index is 672. The number of carbonyl (C=O) groups is 1. The maximum absolute atomic E-state index is 12.7. The monoisotopic (exact) mass is 371 g/mol. The first-order valence-electron chi connectivity index (χ1n) is 10.3. The minimum Gasteiger partial charge on any atom is -0.504 e. The number of para-hydroxylation sites is 2. The van der Waals surface area contributed by atoms with Crippen LogP contribution >= 0.6 is 0 Å². The molecule has 148 valence electrons. The normalized spacial score (nSPS) is 21.9. The smallest absolute Gasteiger partial charge is 0.311 e. The highest BCUT2D eigenvalue weighted by atomic mass is 16.5. The average Bonchev–Trinajstić information content (AvgIpc) is 3.27. The summed E-state index contributed by atoms with van der Waals surface area (Å²) in [4.78, 5) is 15.2. The number of carbonyl (C=O) groups excluding carboxylic acids is 1. The molecule has 0 spiro atoms. The molecule has 3 rings (SSSR count). The predicted octanol–water partition coefficient (Wildman–Crippen LogP) is 4.93. The summed E-state index contributed by atoms with van der Waals surface area (Å²) in [5, 5.41) is 9.86. The first-order valence-corrected chi connectivity index (χ1v) is 10.3. The molecule has 0 amide bonds. The lowest BCUT2D eigenvalue weighted by Gasteiger charge is -2.34. The molecule has 0 bridgehead atoms. The van der Waals surface area contributed by atoms with Gasteiger partial charge in [-0.05, 0) is 69.5 Å². The van der Waals surface area contributed by atoms with Crippen molar-refractivity contribution < 1.29 is 14.6 Å². The fraction of sp³-hybridized carbons (Fsp3) is 0.609. The van der Waals surface area contributed by atoms with Crippen LogP contribution in [0.2, 0.25) is 0 Å². The molecule has 4 nitrogen and oxygen atoms in total. The summed E-state index contributed by atoms with van der Waals surface area (Å²) >= 11 is 0. The second-order valence-corrected chi connectivity index (χ2v) is 8.54. The van der Waals surface area contributed by atoms with E-state index in [-0.39, 0.29) is 22.9 Å². The first kappa shape index (κ1) is 19.9. The van der Waals surface area contributed by atoms with Crippen molar-refractivity contribution in [2.45, 2.75) is 58.8 Å². The van der Waals surface area contributed by atoms with Crippen molar-refractivity contribution in [1.29, 1.82) is 0 Å². The third-order valence-electron chi connectivity index (χ3n) is 6.32. The van der Waals surface area contributed by atoms with Gasteiger partial charge >= 0.3 is 5.97 Å². The van der Waals surface area contributed by atoms with Gasteiger partial charge in [0.1, 0.15) is 0 Å². The van der Waals surface area contributed by atoms with Crippen molar-refractivity contribution in [2.75, 3.05) is 19.6 Å². The van der Waals surface area contributed by atoms with Crippen LogP contribution in [0, 0.1) is 11.3 Å². The van der Waals surface area contributed by atoms with Crippen molar-refractivity contribution in [3.05, 3.63) is 35.9 Å². The minimum absolute atomic E-state index is 0.0256. The van der Waals surface area contributed by atoms with E-state index in [2.05, 4.69) is 24.8 Å². The van der Waals surface area contributed by atoms with Crippen LogP contribution in [0.5, 0.6) is 11.5 Å². The molecule has 4 heteroatoms. The van der Waals surface area contributed by atoms with Crippen molar-refractivity contribution >= 4 is 5.97 Å². The Morgan fingerprint density at radius 3 is 2.74 bits per heavy atom. The zero-order valence-electron chi connectivity index (χ0n) is 16.7. The SMILES string of the molecule is CC(C)=CCCN1CC[C@@H](C2(CC(=O)Oc3ccccc3O)CCCC2)C1. The highest BCUT2D eigenvalue weighted by Crippen LogP contribution is 2.50. The van der Waals surface area contributed by atoms with E-state index in [1.54, 1.807) is 24.3 Å². The molecule has 1 aliphatic carbocycles. The summed E-state index contributed by atoms with van der Waals surface area (Å²) in [5.74, 6) is 0.660. The summed E-state index contributed by atoms with van der Waals surface area (Å²) in [6.07, 6.45) is 9.72. The standard InChI is InChI=1S/C23H33NO3/c1-18(2)8-7-14-24-15-11-19(17-24)23(12-5-6-13-23)16-22(26)27-21-10-4-3-9-20(21)25/h3-4,8-10,19,25H,5-7,11-17H2,1-2H3/t19-/m1/s1. The number of aromatic hydroxyl groups is 1. The number of ether oxygens (including phenoxy) is 1. The quantitative estimate of drug-likeness (QED) is 0.420. The highest BCUT2D eigenvalue weighted by Gasteiger charge is 2.45. The van der Waals surface area contributed by atoms with Gasteiger partial charge in [0.25, 0.3) is 0 Å². The Hall–Kier alpha value is -1.81. The van der Waals surface area contributed by atoms with Gasteiger partial charge in [0.15, 0.2) is 11.5 Å². The van der Waals surface area contributed by atoms with Crippen LogP contribution < -0.4 is 4.74 Å². The number of benzene rings is 1. The molecule has 0 aromatic heterocycles. The zero-order chi connectivity index (χ0) is 19.3. The lowest BCUT2D eigenvalue weighted by atomic mass is 9.71. The van der Waals surface area contributed by atoms with Crippen LogP contribution in [-0.4, -0.2) is 35.6 Å². The summed E-state index contributed by atoms with van der Waals surface area (Å²) in [7, 11) is 0. The van der Waals surface area contributed by atoms with Crippen molar-refractivity contribution in [3.8, 4) is 11.5 Å². The number of hydrogen-bond donors (Lipinski definition) is 1. The topological polar surface area (TPSA) is 49.8 Å². The van der Waals surface area contributed by atoms with Gasteiger partial charge in [-0.15, -0.1) is 0 Å². The molecular weight excluding hydrogens is 338 g/mol. The molecule has 1 aromatic carbocycles. The fourth-order valence-corrected chi connectivity index (χ4v) is 4.87. The van der Waals surface area contributed by atoms with Crippen LogP contribution in [0.25, 0.3) is 0 Å². The van der Waals surface area contributed by atoms with Crippen LogP contribution in [0.15, 0.2) is 35.9 Å². The van der Waals surface area contributed by atoms with Crippen molar-refractivity contribution in [3.63, 3.8) is 0 Å². The second-order valence-electron chi connectivity index (χ2n) is 8.54. The third-order valence-corrected chi connectivity index (χ3v) is 6.32. The van der Waals surface area contributed by atoms with Crippen molar-refractivity contribution in [2.24, 2.45) is 11.3 Å². The maximum atomic E-state index is 12.7. The summed E-state index contributed by atoms with van der Waals surface area (Å²) in [5.41, 5.74) is 1.46. The molecule has 1 heterocycles. The Kier molecular flexibility index (Phi) is 6.59. The number of likely N-dealkylation sites (tertiary alicyclic amines) is 1. The number of phenols is 1. The third kappa shape index (κ3) is 5.13. The summed E-state index contributed by atoms with van der Waals surface area (Å²) in [6, 6.07) is 6.70. The molecule has 1 aliphatic heterocycles. The highest BCUT2D eigenvalue weighted by molar-refractivity contribution is 5.74. The maximum Gasteiger partial charge on any atom is 0.311 e. The molecule has 0 unspecified atom stereocenters. The van der Waals surface area contributed by atoms with E-state index in [1.165, 1.54) is 24.8 Å². The lowest BCUT2D eigenvalue weighted by Crippen LogP contribution is -2.34. The molecule has 1 saturated heterocycles. The number of allylic oxidation sites excluding steroid dienone is 1. The molecule has 1 aromatic rings. The predicted molar refractivity (Wildman–Crippen MR) is 108 cm³/mol. The second kappa shape index (κ2) is 8.92. The van der Waals surface area contributed by atoms with Crippen LogP contribution in [-0.2, 0) is 4.79 Å². The molecule has 1 atom stereocenters. The number of esters is 1. The fourth-order valence-electron chi connectivity index (χ4n) is 4.87. The summed E-state index contributed by atoms with van der Waals surface area (Å²) in [6.45, 7) is 7.64. The Morgan fingerprint density at radius 2 is 2.04 bits per heavy atom. The Morgan fingerprint density at radius 1 is 1.30 bits per heavy atom. The van der Waals surface area contributed by atoms with E-state index in [0.717, 1.165) is 38.9 Å². The van der Waals surface area contributed by atoms with E-state index in [4.69, 9.17) is 4.74 Å². The van der Waals surface area contributed by atoms with Gasteiger partial charge in [0, 0.05) is 13.1 Å². The van der Waals surface area contributed by atoms with E-state index in [1.807, 2.05) is 0 Å². The number of rotatable bonds is 7. The molecule has 1 N–H and O–H groups in total. The molecule has 2 fully saturated rings. The molecule has 0 radical (unpaired) electrons. The van der Waals surface area contributed by atoms with Gasteiger partial charge in [-0.1, -0.05) is 36.6 Å². The summed E-state index contributed by atoms with van der Waals surface area (Å²) < 4.78 is 5.50. The molecule has 2 aliphatic rings. The van der Waals surface area contributed by atoms with Gasteiger partial charge < -0.3 is 14.7 Å². The van der Waals surface area contributed by atoms with Crippen LogP contribution in [0.4, 0.5) is 0 Å². The van der Waals surface area contributed by atoms with Gasteiger partial charge in [0.2, 0.25) is 0 Å². The van der Waals surface area contributed by atoms with Gasteiger partial charge in [0.05, 0.1) is 6.42 Å². The molecule has 27 heavy (non-hydrogen) atoms. The number of nitrogens with zero attached hydrogens (tertiary/aromatic N) is 1. The van der Waals surface area contributed by atoms with Gasteiger partial charge in [-0.3, -0.25) is 4.79 Å². The van der Waals surface area contributed by atoms with Gasteiger partial charge in [-0.2, -0.15) is 0 Å². The van der Waals surface area contributed by atoms with Crippen molar-refractivity contribution in [1.82, 2.24) is 4.90 Å². The average molecular weight is 372 g/mol. The number of hydrogen-bond acceptors (Lipinski definition) is 4. The van der Waals surface area contributed by atoms with E-state index >= 15 is 0 Å². The first-order chi connectivity index (χ1) is 13.0. The van der Waals surface area contributed by atoms with Crippen LogP contribution in [0.3, 0.4) is 0 Å². The zero-order valence-corrected chi connectivity index (χ0v) is 16.7. The van der Waals surface area contributed by atoms with E-state index in [0.29, 0.717) is 12.3 Å². The van der Waals surface area contributed by atoms with Gasteiger partial charge in [-0.25, -0.2) is 0 Å². The largest absolute Gasteiger partial charge is 0.504 e. The Labute approximate surface area is 163 Å². The molecular formula is C23H33NO3. The number of phenolic OH excluding ortho intramolecular Hbond substituents is 1. The Balaban J connectivity index is 1.60. The van der Waals surface area contributed by atoms with Crippen LogP contribution in [0.1, 0.15) is 58.8 Å². The van der Waals surface area contributed by atoms with E-state index in [9.17, 15) is 9.90 Å². The molecule has 1 saturated carbocycles. The lowest BCUT2D eigenvalue weighted by molar-refractivity contribution is -0.138.